The van der Waals surface area contributed by atoms with Crippen LogP contribution >= 0.6 is 27.3 Å². The minimum Gasteiger partial charge on any atom is -0.315 e. The Morgan fingerprint density at radius 1 is 1.30 bits per heavy atom. The lowest BCUT2D eigenvalue weighted by Crippen LogP contribution is -2.16. The van der Waals surface area contributed by atoms with Crippen LogP contribution in [-0.2, 0) is 16.6 Å². The smallest absolute Gasteiger partial charge is 0.263 e. The summed E-state index contributed by atoms with van der Waals surface area (Å²) in [5, 5.41) is 4.76. The molecule has 0 bridgehead atoms. The van der Waals surface area contributed by atoms with Crippen molar-refractivity contribution < 1.29 is 8.42 Å². The highest BCUT2D eigenvalue weighted by atomic mass is 79.9. The zero-order chi connectivity index (χ0) is 14.8. The molecule has 0 saturated carbocycles. The van der Waals surface area contributed by atoms with Crippen molar-refractivity contribution in [2.75, 3.05) is 11.8 Å². The third kappa shape index (κ3) is 3.41. The van der Waals surface area contributed by atoms with Gasteiger partial charge in [0, 0.05) is 15.9 Å². The zero-order valence-electron chi connectivity index (χ0n) is 11.1. The molecule has 0 aliphatic carbocycles. The van der Waals surface area contributed by atoms with Crippen molar-refractivity contribution in [3.05, 3.63) is 44.6 Å². The lowest BCUT2D eigenvalue weighted by Gasteiger charge is -2.11. The SMILES string of the molecule is CNCc1sccc1S(=O)(=O)Nc1ccc(Br)cc1C. The maximum absolute atomic E-state index is 12.5. The number of hydrogen-bond donors (Lipinski definition) is 2. The standard InChI is InChI=1S/C13H15BrN2O2S2/c1-9-7-10(14)3-4-11(9)16-20(17,18)13-5-6-19-12(13)8-15-2/h3-7,15-16H,8H2,1-2H3. The molecule has 0 radical (unpaired) electrons. The van der Waals surface area contributed by atoms with Crippen LogP contribution in [0.2, 0.25) is 0 Å². The predicted molar refractivity (Wildman–Crippen MR) is 86.8 cm³/mol. The maximum atomic E-state index is 12.5. The second-order valence-corrected chi connectivity index (χ2v) is 7.87. The second kappa shape index (κ2) is 6.26. The van der Waals surface area contributed by atoms with Crippen molar-refractivity contribution >= 4 is 43.0 Å². The average molecular weight is 375 g/mol. The lowest BCUT2D eigenvalue weighted by atomic mass is 10.2. The number of aryl methyl sites for hydroxylation is 1. The fourth-order valence-corrected chi connectivity index (χ4v) is 4.86. The first-order valence-electron chi connectivity index (χ1n) is 5.94. The molecule has 0 saturated heterocycles. The van der Waals surface area contributed by atoms with Gasteiger partial charge < -0.3 is 5.32 Å². The molecule has 0 fully saturated rings. The minimum atomic E-state index is -3.55. The van der Waals surface area contributed by atoms with E-state index in [4.69, 9.17) is 0 Å². The van der Waals surface area contributed by atoms with Gasteiger partial charge in [0.05, 0.1) is 5.69 Å². The monoisotopic (exact) mass is 374 g/mol. The Balaban J connectivity index is 2.33. The van der Waals surface area contributed by atoms with Crippen molar-refractivity contribution in [3.8, 4) is 0 Å². The summed E-state index contributed by atoms with van der Waals surface area (Å²) < 4.78 is 28.5. The van der Waals surface area contributed by atoms with Crippen LogP contribution in [0, 0.1) is 6.92 Å². The van der Waals surface area contributed by atoms with Crippen molar-refractivity contribution in [2.24, 2.45) is 0 Å². The van der Waals surface area contributed by atoms with Crippen LogP contribution in [0.5, 0.6) is 0 Å². The Hall–Kier alpha value is -0.890. The topological polar surface area (TPSA) is 58.2 Å². The second-order valence-electron chi connectivity index (χ2n) is 4.30. The molecule has 0 aliphatic rings. The number of sulfonamides is 1. The van der Waals surface area contributed by atoms with E-state index in [0.29, 0.717) is 17.1 Å². The van der Waals surface area contributed by atoms with Crippen molar-refractivity contribution in [3.63, 3.8) is 0 Å². The van der Waals surface area contributed by atoms with Crippen molar-refractivity contribution in [2.45, 2.75) is 18.4 Å². The first kappa shape index (κ1) is 15.5. The molecule has 1 aromatic heterocycles. The summed E-state index contributed by atoms with van der Waals surface area (Å²) >= 11 is 4.79. The van der Waals surface area contributed by atoms with Gasteiger partial charge in [-0.05, 0) is 49.2 Å². The summed E-state index contributed by atoms with van der Waals surface area (Å²) in [4.78, 5) is 1.13. The van der Waals surface area contributed by atoms with Crippen molar-refractivity contribution in [1.29, 1.82) is 0 Å². The van der Waals surface area contributed by atoms with Crippen LogP contribution in [0.3, 0.4) is 0 Å². The van der Waals surface area contributed by atoms with E-state index < -0.39 is 10.0 Å². The van der Waals surface area contributed by atoms with Crippen LogP contribution in [-0.4, -0.2) is 15.5 Å². The van der Waals surface area contributed by atoms with Gasteiger partial charge >= 0.3 is 0 Å². The van der Waals surface area contributed by atoms with E-state index in [1.165, 1.54) is 11.3 Å². The molecule has 20 heavy (non-hydrogen) atoms. The van der Waals surface area contributed by atoms with E-state index in [0.717, 1.165) is 14.9 Å². The first-order valence-corrected chi connectivity index (χ1v) is 9.09. The van der Waals surface area contributed by atoms with Gasteiger partial charge in [-0.3, -0.25) is 4.72 Å². The average Bonchev–Trinajstić information content (AvgIpc) is 2.82. The van der Waals surface area contributed by atoms with Gasteiger partial charge in [-0.15, -0.1) is 11.3 Å². The molecule has 0 unspecified atom stereocenters. The molecule has 0 aliphatic heterocycles. The van der Waals surface area contributed by atoms with Gasteiger partial charge in [0.25, 0.3) is 10.0 Å². The Bertz CT molecular complexity index is 711. The van der Waals surface area contributed by atoms with Crippen LogP contribution in [0.15, 0.2) is 39.0 Å². The maximum Gasteiger partial charge on any atom is 0.263 e. The molecule has 108 valence electrons. The van der Waals surface area contributed by atoms with Gasteiger partial charge in [-0.1, -0.05) is 15.9 Å². The van der Waals surface area contributed by atoms with Gasteiger partial charge in [0.2, 0.25) is 0 Å². The third-order valence-corrected chi connectivity index (χ3v) is 5.76. The molecular weight excluding hydrogens is 360 g/mol. The molecule has 0 spiro atoms. The van der Waals surface area contributed by atoms with Crippen molar-refractivity contribution in [1.82, 2.24) is 5.32 Å². The molecule has 7 heteroatoms. The Morgan fingerprint density at radius 2 is 2.05 bits per heavy atom. The molecule has 4 nitrogen and oxygen atoms in total. The summed E-state index contributed by atoms with van der Waals surface area (Å²) in [5.41, 5.74) is 1.46. The zero-order valence-corrected chi connectivity index (χ0v) is 14.3. The minimum absolute atomic E-state index is 0.333. The number of nitrogens with one attached hydrogen (secondary N) is 2. The molecular formula is C13H15BrN2O2S2. The summed E-state index contributed by atoms with van der Waals surface area (Å²) in [6, 6.07) is 7.07. The first-order chi connectivity index (χ1) is 9.44. The molecule has 2 rings (SSSR count). The molecule has 1 aromatic carbocycles. The molecule has 2 aromatic rings. The fourth-order valence-electron chi connectivity index (χ4n) is 1.80. The highest BCUT2D eigenvalue weighted by molar-refractivity contribution is 9.10. The summed E-state index contributed by atoms with van der Waals surface area (Å²) in [7, 11) is -1.76. The number of rotatable bonds is 5. The summed E-state index contributed by atoms with van der Waals surface area (Å²) in [6.07, 6.45) is 0. The van der Waals surface area contributed by atoms with Gasteiger partial charge in [-0.2, -0.15) is 0 Å². The van der Waals surface area contributed by atoms with Crippen LogP contribution < -0.4 is 10.0 Å². The Morgan fingerprint density at radius 3 is 2.70 bits per heavy atom. The van der Waals surface area contributed by atoms with Crippen LogP contribution in [0.25, 0.3) is 0 Å². The summed E-state index contributed by atoms with van der Waals surface area (Å²) in [5.74, 6) is 0. The normalized spacial score (nSPS) is 11.6. The van der Waals surface area contributed by atoms with E-state index in [1.54, 1.807) is 24.6 Å². The largest absolute Gasteiger partial charge is 0.315 e. The molecule has 0 atom stereocenters. The number of hydrogen-bond acceptors (Lipinski definition) is 4. The number of thiophene rings is 1. The van der Waals surface area contributed by atoms with E-state index in [9.17, 15) is 8.42 Å². The quantitative estimate of drug-likeness (QED) is 0.843. The van der Waals surface area contributed by atoms with E-state index in [1.807, 2.05) is 19.1 Å². The number of halogens is 1. The highest BCUT2D eigenvalue weighted by Crippen LogP contribution is 2.26. The third-order valence-electron chi connectivity index (χ3n) is 2.76. The molecule has 2 N–H and O–H groups in total. The van der Waals surface area contributed by atoms with Gasteiger partial charge in [0.1, 0.15) is 4.90 Å². The van der Waals surface area contributed by atoms with Crippen LogP contribution in [0.1, 0.15) is 10.4 Å². The van der Waals surface area contributed by atoms with Crippen LogP contribution in [0.4, 0.5) is 5.69 Å². The Kier molecular flexibility index (Phi) is 4.85. The van der Waals surface area contributed by atoms with Gasteiger partial charge in [0.15, 0.2) is 0 Å². The van der Waals surface area contributed by atoms with E-state index >= 15 is 0 Å². The fraction of sp³-hybridized carbons (Fsp3) is 0.231. The lowest BCUT2D eigenvalue weighted by molar-refractivity contribution is 0.600. The van der Waals surface area contributed by atoms with Gasteiger partial charge in [-0.25, -0.2) is 8.42 Å². The number of anilines is 1. The predicted octanol–water partition coefficient (Wildman–Crippen LogP) is 3.34. The molecule has 1 heterocycles. The highest BCUT2D eigenvalue weighted by Gasteiger charge is 2.20. The van der Waals surface area contributed by atoms with E-state index in [2.05, 4.69) is 26.0 Å². The number of benzene rings is 1. The Labute approximate surface area is 131 Å². The van der Waals surface area contributed by atoms with E-state index in [-0.39, 0.29) is 0 Å². The summed E-state index contributed by atoms with van der Waals surface area (Å²) in [6.45, 7) is 2.40. The molecule has 0 amide bonds.